The zero-order chi connectivity index (χ0) is 19.5. The summed E-state index contributed by atoms with van der Waals surface area (Å²) >= 11 is 0. The third-order valence-electron chi connectivity index (χ3n) is 4.60. The summed E-state index contributed by atoms with van der Waals surface area (Å²) < 4.78 is 10.9. The molecule has 1 aromatic heterocycles. The average molecular weight is 372 g/mol. The molecule has 0 saturated heterocycles. The van der Waals surface area contributed by atoms with Gasteiger partial charge < -0.3 is 14.4 Å². The number of carbonyl (C=O) groups is 1. The van der Waals surface area contributed by atoms with Crippen molar-refractivity contribution in [3.63, 3.8) is 0 Å². The molecule has 5 nitrogen and oxygen atoms in total. The van der Waals surface area contributed by atoms with Crippen LogP contribution in [-0.2, 0) is 0 Å². The molecule has 0 saturated carbocycles. The van der Waals surface area contributed by atoms with Crippen LogP contribution >= 0.6 is 0 Å². The van der Waals surface area contributed by atoms with Gasteiger partial charge in [-0.2, -0.15) is 0 Å². The molecule has 3 aromatic rings. The van der Waals surface area contributed by atoms with Crippen molar-refractivity contribution in [1.82, 2.24) is 9.88 Å². The minimum atomic E-state index is -0.0830. The zero-order valence-corrected chi connectivity index (χ0v) is 15.4. The van der Waals surface area contributed by atoms with Crippen molar-refractivity contribution in [2.45, 2.75) is 0 Å². The van der Waals surface area contributed by atoms with Gasteiger partial charge >= 0.3 is 0 Å². The Morgan fingerprint density at radius 1 is 1.04 bits per heavy atom. The number of rotatable bonds is 6. The summed E-state index contributed by atoms with van der Waals surface area (Å²) in [6.07, 6.45) is 3.42. The number of amides is 1. The topological polar surface area (TPSA) is 51.7 Å². The number of nitrogens with zero attached hydrogens (tertiary/aromatic N) is 2. The van der Waals surface area contributed by atoms with E-state index in [1.165, 1.54) is 0 Å². The van der Waals surface area contributed by atoms with Crippen LogP contribution in [0.1, 0.15) is 10.4 Å². The number of para-hydroxylation sites is 1. The predicted molar refractivity (Wildman–Crippen MR) is 110 cm³/mol. The Balaban J connectivity index is 1.85. The first-order valence-electron chi connectivity index (χ1n) is 9.02. The summed E-state index contributed by atoms with van der Waals surface area (Å²) in [6, 6.07) is 15.2. The van der Waals surface area contributed by atoms with Crippen molar-refractivity contribution < 1.29 is 14.3 Å². The number of pyridine rings is 1. The minimum absolute atomic E-state index is 0.0830. The van der Waals surface area contributed by atoms with E-state index in [4.69, 9.17) is 14.5 Å². The first kappa shape index (κ1) is 17.8. The first-order chi connectivity index (χ1) is 13.7. The Morgan fingerprint density at radius 2 is 1.79 bits per heavy atom. The molecule has 1 aliphatic rings. The maximum Gasteiger partial charge on any atom is 0.255 e. The van der Waals surface area contributed by atoms with Crippen LogP contribution in [0.3, 0.4) is 0 Å². The van der Waals surface area contributed by atoms with Crippen molar-refractivity contribution in [1.29, 1.82) is 0 Å². The van der Waals surface area contributed by atoms with Crippen molar-refractivity contribution in [3.8, 4) is 22.8 Å². The monoisotopic (exact) mass is 372 g/mol. The van der Waals surface area contributed by atoms with Gasteiger partial charge in [0.1, 0.15) is 0 Å². The lowest BCUT2D eigenvalue weighted by atomic mass is 10.0. The van der Waals surface area contributed by atoms with Gasteiger partial charge in [-0.1, -0.05) is 30.4 Å². The summed E-state index contributed by atoms with van der Waals surface area (Å²) in [7, 11) is 0. The van der Waals surface area contributed by atoms with Crippen LogP contribution in [0.15, 0.2) is 73.8 Å². The lowest BCUT2D eigenvalue weighted by Crippen LogP contribution is -2.31. The van der Waals surface area contributed by atoms with E-state index in [0.29, 0.717) is 35.8 Å². The van der Waals surface area contributed by atoms with Crippen LogP contribution in [0, 0.1) is 0 Å². The molecule has 0 fully saturated rings. The molecular weight excluding hydrogens is 352 g/mol. The number of hydrogen-bond donors (Lipinski definition) is 0. The van der Waals surface area contributed by atoms with Gasteiger partial charge in [0.25, 0.3) is 5.91 Å². The number of aromatic nitrogens is 1. The number of ether oxygens (including phenoxy) is 2. The average Bonchev–Trinajstić information content (AvgIpc) is 3.20. The number of hydrogen-bond acceptors (Lipinski definition) is 4. The van der Waals surface area contributed by atoms with E-state index in [-0.39, 0.29) is 12.7 Å². The second kappa shape index (κ2) is 7.56. The maximum absolute atomic E-state index is 13.3. The number of fused-ring (bicyclic) bond motifs is 2. The normalized spacial score (nSPS) is 12.0. The fourth-order valence-electron chi connectivity index (χ4n) is 3.28. The van der Waals surface area contributed by atoms with Gasteiger partial charge in [-0.05, 0) is 30.3 Å². The zero-order valence-electron chi connectivity index (χ0n) is 15.4. The highest BCUT2D eigenvalue weighted by molar-refractivity contribution is 6.07. The molecule has 1 aliphatic heterocycles. The molecule has 0 bridgehead atoms. The van der Waals surface area contributed by atoms with Crippen molar-refractivity contribution in [3.05, 3.63) is 79.4 Å². The highest BCUT2D eigenvalue weighted by Crippen LogP contribution is 2.36. The van der Waals surface area contributed by atoms with E-state index < -0.39 is 0 Å². The first-order valence-corrected chi connectivity index (χ1v) is 9.02. The standard InChI is InChI=1S/C23H20N2O3/c1-3-11-25(12-4-2)23(26)18-14-20(24-19-8-6-5-7-17(18)19)16-9-10-21-22(13-16)28-15-27-21/h3-10,13-14H,1-2,11-12,15H2. The van der Waals surface area contributed by atoms with Crippen LogP contribution in [0.4, 0.5) is 0 Å². The van der Waals surface area contributed by atoms with E-state index in [0.717, 1.165) is 16.5 Å². The molecule has 0 unspecified atom stereocenters. The molecule has 0 atom stereocenters. The summed E-state index contributed by atoms with van der Waals surface area (Å²) in [5.41, 5.74) is 2.93. The Morgan fingerprint density at radius 3 is 2.57 bits per heavy atom. The van der Waals surface area contributed by atoms with E-state index in [1.807, 2.05) is 48.5 Å². The highest BCUT2D eigenvalue weighted by atomic mass is 16.7. The van der Waals surface area contributed by atoms with Crippen LogP contribution in [0.5, 0.6) is 11.5 Å². The van der Waals surface area contributed by atoms with Crippen molar-refractivity contribution in [2.75, 3.05) is 19.9 Å². The van der Waals surface area contributed by atoms with Crippen molar-refractivity contribution in [2.24, 2.45) is 0 Å². The number of carbonyl (C=O) groups excluding carboxylic acids is 1. The highest BCUT2D eigenvalue weighted by Gasteiger charge is 2.20. The predicted octanol–water partition coefficient (Wildman–Crippen LogP) is 4.44. The molecule has 5 heteroatoms. The SMILES string of the molecule is C=CCN(CC=C)C(=O)c1cc(-c2ccc3c(c2)OCO3)nc2ccccc12. The summed E-state index contributed by atoms with van der Waals surface area (Å²) in [4.78, 5) is 19.7. The van der Waals surface area contributed by atoms with E-state index in [9.17, 15) is 4.79 Å². The Hall–Kier alpha value is -3.60. The molecule has 0 spiro atoms. The van der Waals surface area contributed by atoms with Gasteiger partial charge in [0.2, 0.25) is 6.79 Å². The van der Waals surface area contributed by atoms with Crippen LogP contribution < -0.4 is 9.47 Å². The summed E-state index contributed by atoms with van der Waals surface area (Å²) in [5.74, 6) is 1.31. The van der Waals surface area contributed by atoms with Crippen LogP contribution in [0.2, 0.25) is 0 Å². The fourth-order valence-corrected chi connectivity index (χ4v) is 3.28. The smallest absolute Gasteiger partial charge is 0.255 e. The second-order valence-corrected chi connectivity index (χ2v) is 6.43. The second-order valence-electron chi connectivity index (χ2n) is 6.43. The van der Waals surface area contributed by atoms with Gasteiger partial charge in [-0.3, -0.25) is 4.79 Å². The van der Waals surface area contributed by atoms with Gasteiger partial charge in [-0.25, -0.2) is 4.98 Å². The van der Waals surface area contributed by atoms with Gasteiger partial charge in [0.15, 0.2) is 11.5 Å². The molecule has 28 heavy (non-hydrogen) atoms. The molecule has 140 valence electrons. The largest absolute Gasteiger partial charge is 0.454 e. The van der Waals surface area contributed by atoms with E-state index in [1.54, 1.807) is 17.1 Å². The molecule has 0 N–H and O–H groups in total. The summed E-state index contributed by atoms with van der Waals surface area (Å²) in [5, 5.41) is 0.815. The van der Waals surface area contributed by atoms with Crippen molar-refractivity contribution >= 4 is 16.8 Å². The van der Waals surface area contributed by atoms with Gasteiger partial charge in [0, 0.05) is 24.0 Å². The summed E-state index contributed by atoms with van der Waals surface area (Å²) in [6.45, 7) is 8.61. The molecule has 0 radical (unpaired) electrons. The fraction of sp³-hybridized carbons (Fsp3) is 0.130. The Bertz CT molecular complexity index is 1060. The molecule has 4 rings (SSSR count). The Kier molecular flexibility index (Phi) is 4.81. The van der Waals surface area contributed by atoms with Crippen LogP contribution in [-0.4, -0.2) is 35.7 Å². The Labute approximate surface area is 163 Å². The molecule has 2 aromatic carbocycles. The molecule has 0 aliphatic carbocycles. The quantitative estimate of drug-likeness (QED) is 0.600. The third-order valence-corrected chi connectivity index (χ3v) is 4.60. The van der Waals surface area contributed by atoms with Crippen LogP contribution in [0.25, 0.3) is 22.2 Å². The lowest BCUT2D eigenvalue weighted by Gasteiger charge is -2.20. The third kappa shape index (κ3) is 3.22. The maximum atomic E-state index is 13.3. The molecule has 1 amide bonds. The van der Waals surface area contributed by atoms with E-state index in [2.05, 4.69) is 13.2 Å². The number of benzene rings is 2. The van der Waals surface area contributed by atoms with Gasteiger partial charge in [-0.15, -0.1) is 13.2 Å². The van der Waals surface area contributed by atoms with E-state index >= 15 is 0 Å². The molecular formula is C23H20N2O3. The molecule has 2 heterocycles. The lowest BCUT2D eigenvalue weighted by molar-refractivity contribution is 0.0792. The van der Waals surface area contributed by atoms with Gasteiger partial charge in [0.05, 0.1) is 16.8 Å². The minimum Gasteiger partial charge on any atom is -0.454 e.